The molecule has 0 radical (unpaired) electrons. The third kappa shape index (κ3) is 3.20. The van der Waals surface area contributed by atoms with E-state index in [9.17, 15) is 0 Å². The van der Waals surface area contributed by atoms with Crippen molar-refractivity contribution in [3.05, 3.63) is 59.8 Å². The smallest absolute Gasteiger partial charge is 0.0925 e. The van der Waals surface area contributed by atoms with E-state index in [2.05, 4.69) is 50.3 Å². The molecule has 2 N–H and O–H groups in total. The number of nitrogens with one attached hydrogen (secondary N) is 2. The number of hydrogen-bond donors (Lipinski definition) is 2. The van der Waals surface area contributed by atoms with Gasteiger partial charge in [0.25, 0.3) is 0 Å². The number of rotatable bonds is 5. The van der Waals surface area contributed by atoms with Crippen molar-refractivity contribution in [1.29, 1.82) is 0 Å². The molecule has 0 saturated carbocycles. The highest BCUT2D eigenvalue weighted by Gasteiger charge is 2.09. The van der Waals surface area contributed by atoms with Crippen molar-refractivity contribution in [3.8, 4) is 11.3 Å². The third-order valence-corrected chi connectivity index (χ3v) is 3.49. The zero-order chi connectivity index (χ0) is 14.7. The monoisotopic (exact) mass is 281 g/mol. The van der Waals surface area contributed by atoms with Crippen LogP contribution in [-0.2, 0) is 13.1 Å². The van der Waals surface area contributed by atoms with Gasteiger partial charge in [-0.05, 0) is 20.0 Å². The van der Waals surface area contributed by atoms with Crippen LogP contribution in [0.3, 0.4) is 0 Å². The largest absolute Gasteiger partial charge is 0.348 e. The van der Waals surface area contributed by atoms with Crippen LogP contribution in [0.25, 0.3) is 11.3 Å². The minimum Gasteiger partial charge on any atom is -0.348 e. The molecule has 0 saturated heterocycles. The van der Waals surface area contributed by atoms with Crippen LogP contribution in [0, 0.1) is 6.92 Å². The number of imidazole rings is 1. The first-order chi connectivity index (χ1) is 10.2. The number of aromatic nitrogens is 4. The lowest BCUT2D eigenvalue weighted by molar-refractivity contribution is 0.311. The molecule has 0 aliphatic rings. The lowest BCUT2D eigenvalue weighted by Gasteiger charge is -2.14. The molecule has 3 aromatic rings. The van der Waals surface area contributed by atoms with E-state index in [1.807, 2.05) is 25.1 Å². The Bertz CT molecular complexity index is 698. The Balaban J connectivity index is 1.66. The minimum absolute atomic E-state index is 0.812. The molecule has 0 aliphatic heterocycles. The molecule has 108 valence electrons. The van der Waals surface area contributed by atoms with Crippen LogP contribution in [0.2, 0.25) is 0 Å². The third-order valence-electron chi connectivity index (χ3n) is 3.49. The van der Waals surface area contributed by atoms with Crippen molar-refractivity contribution >= 4 is 0 Å². The molecule has 2 heterocycles. The van der Waals surface area contributed by atoms with Crippen LogP contribution in [-0.4, -0.2) is 32.1 Å². The van der Waals surface area contributed by atoms with Gasteiger partial charge in [0.05, 0.1) is 17.7 Å². The fourth-order valence-corrected chi connectivity index (χ4v) is 2.35. The van der Waals surface area contributed by atoms with Crippen LogP contribution in [0.4, 0.5) is 0 Å². The minimum atomic E-state index is 0.812. The second kappa shape index (κ2) is 5.93. The lowest BCUT2D eigenvalue weighted by Crippen LogP contribution is -2.18. The van der Waals surface area contributed by atoms with E-state index in [0.29, 0.717) is 0 Å². The maximum absolute atomic E-state index is 4.38. The molecule has 0 fully saturated rings. The number of hydrogen-bond acceptors (Lipinski definition) is 3. The average Bonchev–Trinajstić information content (AvgIpc) is 3.10. The fraction of sp³-hybridized carbons (Fsp3) is 0.250. The van der Waals surface area contributed by atoms with E-state index >= 15 is 0 Å². The molecule has 0 aliphatic carbocycles. The lowest BCUT2D eigenvalue weighted by atomic mass is 10.1. The Labute approximate surface area is 124 Å². The number of H-pyrrole nitrogens is 2. The highest BCUT2D eigenvalue weighted by molar-refractivity contribution is 5.58. The first-order valence-electron chi connectivity index (χ1n) is 6.99. The maximum atomic E-state index is 4.38. The van der Waals surface area contributed by atoms with E-state index < -0.39 is 0 Å². The van der Waals surface area contributed by atoms with Crippen LogP contribution in [0.1, 0.15) is 17.1 Å². The molecule has 5 heteroatoms. The zero-order valence-corrected chi connectivity index (χ0v) is 12.3. The Morgan fingerprint density at radius 2 is 1.95 bits per heavy atom. The van der Waals surface area contributed by atoms with Gasteiger partial charge in [-0.15, -0.1) is 0 Å². The molecule has 3 rings (SSSR count). The van der Waals surface area contributed by atoms with Gasteiger partial charge in [-0.1, -0.05) is 30.3 Å². The van der Waals surface area contributed by atoms with Crippen molar-refractivity contribution in [2.24, 2.45) is 0 Å². The summed E-state index contributed by atoms with van der Waals surface area (Å²) in [5, 5.41) is 7.49. The topological polar surface area (TPSA) is 60.6 Å². The predicted octanol–water partition coefficient (Wildman–Crippen LogP) is 2.74. The summed E-state index contributed by atoms with van der Waals surface area (Å²) in [6.07, 6.45) is 1.74. The zero-order valence-electron chi connectivity index (χ0n) is 12.3. The molecule has 0 bridgehead atoms. The molecule has 0 atom stereocenters. The van der Waals surface area contributed by atoms with Gasteiger partial charge in [0.1, 0.15) is 0 Å². The molecular weight excluding hydrogens is 262 g/mol. The van der Waals surface area contributed by atoms with E-state index in [-0.39, 0.29) is 0 Å². The van der Waals surface area contributed by atoms with Gasteiger partial charge in [-0.2, -0.15) is 5.10 Å². The molecular formula is C16H19N5. The van der Waals surface area contributed by atoms with Crippen molar-refractivity contribution in [1.82, 2.24) is 25.1 Å². The highest BCUT2D eigenvalue weighted by Crippen LogP contribution is 2.17. The first kappa shape index (κ1) is 13.6. The first-order valence-corrected chi connectivity index (χ1v) is 6.99. The number of nitrogens with zero attached hydrogens (tertiary/aromatic N) is 3. The number of benzene rings is 1. The Kier molecular flexibility index (Phi) is 3.83. The highest BCUT2D eigenvalue weighted by atomic mass is 15.2. The molecule has 5 nitrogen and oxygen atoms in total. The summed E-state index contributed by atoms with van der Waals surface area (Å²) in [5.41, 5.74) is 5.42. The second-order valence-corrected chi connectivity index (χ2v) is 5.29. The van der Waals surface area contributed by atoms with Crippen LogP contribution in [0.15, 0.2) is 42.7 Å². The van der Waals surface area contributed by atoms with Crippen molar-refractivity contribution in [2.45, 2.75) is 20.0 Å². The van der Waals surface area contributed by atoms with E-state index in [4.69, 9.17) is 0 Å². The summed E-state index contributed by atoms with van der Waals surface area (Å²) >= 11 is 0. The van der Waals surface area contributed by atoms with Gasteiger partial charge >= 0.3 is 0 Å². The van der Waals surface area contributed by atoms with Gasteiger partial charge < -0.3 is 4.98 Å². The van der Waals surface area contributed by atoms with E-state index in [0.717, 1.165) is 41.4 Å². The fourth-order valence-electron chi connectivity index (χ4n) is 2.35. The van der Waals surface area contributed by atoms with Crippen molar-refractivity contribution in [2.75, 3.05) is 7.05 Å². The number of aryl methyl sites for hydroxylation is 1. The predicted molar refractivity (Wildman–Crippen MR) is 82.5 cm³/mol. The Morgan fingerprint density at radius 3 is 2.67 bits per heavy atom. The van der Waals surface area contributed by atoms with Gasteiger partial charge in [-0.25, -0.2) is 4.98 Å². The maximum Gasteiger partial charge on any atom is 0.0925 e. The summed E-state index contributed by atoms with van der Waals surface area (Å²) in [5.74, 6) is 0. The van der Waals surface area contributed by atoms with Gasteiger partial charge in [-0.3, -0.25) is 10.00 Å². The normalized spacial score (nSPS) is 11.2. The SMILES string of the molecule is Cc1[nH]cnc1CN(C)Cc1cc(-c2ccccc2)n[nH]1. The standard InChI is InChI=1S/C16H19N5/c1-12-16(18-11-17-12)10-21(2)9-14-8-15(20-19-14)13-6-4-3-5-7-13/h3-8,11H,9-10H2,1-2H3,(H,17,18)(H,19,20). The summed E-state index contributed by atoms with van der Waals surface area (Å²) in [6.45, 7) is 3.67. The van der Waals surface area contributed by atoms with Crippen LogP contribution in [0.5, 0.6) is 0 Å². The van der Waals surface area contributed by atoms with Gasteiger partial charge in [0, 0.05) is 30.0 Å². The molecule has 2 aromatic heterocycles. The molecule has 0 amide bonds. The number of aromatic amines is 2. The molecule has 1 aromatic carbocycles. The molecule has 21 heavy (non-hydrogen) atoms. The molecule has 0 unspecified atom stereocenters. The second-order valence-electron chi connectivity index (χ2n) is 5.29. The average molecular weight is 281 g/mol. The molecule has 0 spiro atoms. The van der Waals surface area contributed by atoms with Crippen molar-refractivity contribution < 1.29 is 0 Å². The summed E-state index contributed by atoms with van der Waals surface area (Å²) < 4.78 is 0. The summed E-state index contributed by atoms with van der Waals surface area (Å²) in [4.78, 5) is 9.65. The summed E-state index contributed by atoms with van der Waals surface area (Å²) in [7, 11) is 2.08. The summed E-state index contributed by atoms with van der Waals surface area (Å²) in [6, 6.07) is 12.3. The van der Waals surface area contributed by atoms with Crippen LogP contribution < -0.4 is 0 Å². The quantitative estimate of drug-likeness (QED) is 0.756. The van der Waals surface area contributed by atoms with Crippen LogP contribution >= 0.6 is 0 Å². The van der Waals surface area contributed by atoms with Gasteiger partial charge in [0.15, 0.2) is 0 Å². The van der Waals surface area contributed by atoms with Crippen molar-refractivity contribution in [3.63, 3.8) is 0 Å². The Hall–Kier alpha value is -2.40. The van der Waals surface area contributed by atoms with Gasteiger partial charge in [0.2, 0.25) is 0 Å². The van der Waals surface area contributed by atoms with E-state index in [1.165, 1.54) is 0 Å². The van der Waals surface area contributed by atoms with E-state index in [1.54, 1.807) is 6.33 Å². The Morgan fingerprint density at radius 1 is 1.14 bits per heavy atom.